The molecule has 0 atom stereocenters. The average Bonchev–Trinajstić information content (AvgIpc) is 2.92. The van der Waals surface area contributed by atoms with E-state index in [2.05, 4.69) is 15.3 Å². The quantitative estimate of drug-likeness (QED) is 0.449. The van der Waals surface area contributed by atoms with Gasteiger partial charge < -0.3 is 19.9 Å². The van der Waals surface area contributed by atoms with E-state index in [9.17, 15) is 27.2 Å². The molecule has 0 unspecified atom stereocenters. The Morgan fingerprint density at radius 2 is 1.85 bits per heavy atom. The van der Waals surface area contributed by atoms with Crippen LogP contribution < -0.4 is 10.2 Å². The molecule has 1 fully saturated rings. The number of alkyl halides is 3. The molecule has 3 heterocycles. The Bertz CT molecular complexity index is 1390. The van der Waals surface area contributed by atoms with Crippen LogP contribution in [0.1, 0.15) is 39.0 Å². The van der Waals surface area contributed by atoms with Gasteiger partial charge in [-0.25, -0.2) is 14.4 Å². The van der Waals surface area contributed by atoms with Gasteiger partial charge in [0.1, 0.15) is 0 Å². The summed E-state index contributed by atoms with van der Waals surface area (Å²) in [6.07, 6.45) is -2.74. The second-order valence-corrected chi connectivity index (χ2v) is 9.01. The Kier molecular flexibility index (Phi) is 8.14. The highest BCUT2D eigenvalue weighted by Gasteiger charge is 2.37. The Morgan fingerprint density at radius 1 is 1.13 bits per heavy atom. The van der Waals surface area contributed by atoms with E-state index in [1.165, 1.54) is 0 Å². The molecule has 0 aliphatic carbocycles. The molecule has 1 aromatic carbocycles. The molecule has 4 rings (SSSR count). The Balaban J connectivity index is 1.69. The molecule has 12 heteroatoms. The molecule has 0 saturated carbocycles. The highest BCUT2D eigenvalue weighted by molar-refractivity contribution is 6.05. The maximum absolute atomic E-state index is 14.4. The SMILES string of the molecule is CCN(C)C(=O)c1ncc(-c2cc(NC(=O)c3ccnc(C(F)(F)F)c3F)ccc2C)cc1N1CCOCC1. The van der Waals surface area contributed by atoms with E-state index >= 15 is 0 Å². The number of carbonyl (C=O) groups is 2. The van der Waals surface area contributed by atoms with Crippen molar-refractivity contribution in [1.29, 1.82) is 0 Å². The summed E-state index contributed by atoms with van der Waals surface area (Å²) in [6, 6.07) is 7.63. The number of anilines is 2. The molecule has 1 N–H and O–H groups in total. The van der Waals surface area contributed by atoms with E-state index < -0.39 is 29.2 Å². The van der Waals surface area contributed by atoms with E-state index in [1.807, 2.05) is 24.8 Å². The standard InChI is InChI=1S/C27H27F4N5O3/c1-4-35(3)26(38)23-21(36-9-11-39-12-10-36)13-17(15-33-23)20-14-18(6-5-16(20)2)34-25(37)19-7-8-32-24(22(19)28)27(29,30)31/h5-8,13-15H,4,9-12H2,1-3H3,(H,34,37). The summed E-state index contributed by atoms with van der Waals surface area (Å²) < 4.78 is 59.0. The molecule has 39 heavy (non-hydrogen) atoms. The van der Waals surface area contributed by atoms with Gasteiger partial charge in [0.15, 0.2) is 17.2 Å². The third-order valence-electron chi connectivity index (χ3n) is 6.45. The molecule has 0 radical (unpaired) electrons. The lowest BCUT2D eigenvalue weighted by Crippen LogP contribution is -2.38. The van der Waals surface area contributed by atoms with Crippen LogP contribution in [0.2, 0.25) is 0 Å². The van der Waals surface area contributed by atoms with Crippen molar-refractivity contribution in [3.8, 4) is 11.1 Å². The number of nitrogens with one attached hydrogen (secondary N) is 1. The van der Waals surface area contributed by atoms with Crippen molar-refractivity contribution < 1.29 is 31.9 Å². The van der Waals surface area contributed by atoms with Gasteiger partial charge in [-0.1, -0.05) is 6.07 Å². The number of benzene rings is 1. The van der Waals surface area contributed by atoms with Crippen LogP contribution in [-0.2, 0) is 10.9 Å². The van der Waals surface area contributed by atoms with Crippen molar-refractivity contribution in [3.05, 3.63) is 71.1 Å². The third-order valence-corrected chi connectivity index (χ3v) is 6.45. The Labute approximate surface area is 222 Å². The second kappa shape index (κ2) is 11.4. The first kappa shape index (κ1) is 28.0. The molecule has 8 nitrogen and oxygen atoms in total. The molecule has 206 valence electrons. The van der Waals surface area contributed by atoms with E-state index in [0.29, 0.717) is 55.4 Å². The fourth-order valence-corrected chi connectivity index (χ4v) is 4.16. The predicted molar refractivity (Wildman–Crippen MR) is 137 cm³/mol. The number of nitrogens with zero attached hydrogens (tertiary/aromatic N) is 4. The summed E-state index contributed by atoms with van der Waals surface area (Å²) in [5, 5.41) is 2.46. The maximum Gasteiger partial charge on any atom is 0.436 e. The Morgan fingerprint density at radius 3 is 2.51 bits per heavy atom. The first-order valence-corrected chi connectivity index (χ1v) is 12.2. The van der Waals surface area contributed by atoms with E-state index in [4.69, 9.17) is 4.74 Å². The summed E-state index contributed by atoms with van der Waals surface area (Å²) in [6.45, 7) is 6.38. The molecule has 3 aromatic rings. The minimum Gasteiger partial charge on any atom is -0.378 e. The topological polar surface area (TPSA) is 87.7 Å². The number of ether oxygens (including phenoxy) is 1. The van der Waals surface area contributed by atoms with Crippen LogP contribution in [0.4, 0.5) is 28.9 Å². The molecule has 1 aliphatic rings. The van der Waals surface area contributed by atoms with Crippen molar-refractivity contribution in [1.82, 2.24) is 14.9 Å². The van der Waals surface area contributed by atoms with Crippen LogP contribution >= 0.6 is 0 Å². The van der Waals surface area contributed by atoms with Crippen molar-refractivity contribution >= 4 is 23.2 Å². The van der Waals surface area contributed by atoms with Gasteiger partial charge in [-0.05, 0) is 49.2 Å². The Hall–Kier alpha value is -4.06. The smallest absolute Gasteiger partial charge is 0.378 e. The first-order chi connectivity index (χ1) is 18.5. The first-order valence-electron chi connectivity index (χ1n) is 12.2. The molecule has 0 spiro atoms. The zero-order valence-corrected chi connectivity index (χ0v) is 21.6. The lowest BCUT2D eigenvalue weighted by molar-refractivity contribution is -0.143. The van der Waals surface area contributed by atoms with Gasteiger partial charge >= 0.3 is 6.18 Å². The van der Waals surface area contributed by atoms with Crippen LogP contribution in [0.15, 0.2) is 42.7 Å². The van der Waals surface area contributed by atoms with Gasteiger partial charge in [0.2, 0.25) is 0 Å². The zero-order valence-electron chi connectivity index (χ0n) is 21.6. The summed E-state index contributed by atoms with van der Waals surface area (Å²) >= 11 is 0. The number of carbonyl (C=O) groups excluding carboxylic acids is 2. The largest absolute Gasteiger partial charge is 0.436 e. The monoisotopic (exact) mass is 545 g/mol. The number of hydrogen-bond acceptors (Lipinski definition) is 6. The highest BCUT2D eigenvalue weighted by Crippen LogP contribution is 2.33. The van der Waals surface area contributed by atoms with Gasteiger partial charge in [-0.3, -0.25) is 9.59 Å². The molecule has 2 amide bonds. The molecule has 1 aliphatic heterocycles. The molecule has 1 saturated heterocycles. The third kappa shape index (κ3) is 6.00. The van der Waals surface area contributed by atoms with Crippen LogP contribution in [0.5, 0.6) is 0 Å². The summed E-state index contributed by atoms with van der Waals surface area (Å²) in [4.78, 5) is 36.8. The molecule has 2 aromatic heterocycles. The summed E-state index contributed by atoms with van der Waals surface area (Å²) in [7, 11) is 1.70. The number of pyridine rings is 2. The lowest BCUT2D eigenvalue weighted by atomic mass is 9.99. The average molecular weight is 546 g/mol. The van der Waals surface area contributed by atoms with Gasteiger partial charge in [-0.2, -0.15) is 13.2 Å². The van der Waals surface area contributed by atoms with Gasteiger partial charge in [-0.15, -0.1) is 0 Å². The molecule has 0 bridgehead atoms. The van der Waals surface area contributed by atoms with E-state index in [0.717, 1.165) is 17.8 Å². The van der Waals surface area contributed by atoms with Crippen LogP contribution in [0.3, 0.4) is 0 Å². The zero-order chi connectivity index (χ0) is 28.3. The number of aryl methyl sites for hydroxylation is 1. The van der Waals surface area contributed by atoms with Crippen molar-refractivity contribution in [2.24, 2.45) is 0 Å². The number of amides is 2. The van der Waals surface area contributed by atoms with Crippen molar-refractivity contribution in [2.75, 3.05) is 50.1 Å². The molecular weight excluding hydrogens is 518 g/mol. The highest BCUT2D eigenvalue weighted by atomic mass is 19.4. The summed E-state index contributed by atoms with van der Waals surface area (Å²) in [5.41, 5.74) is 0.808. The van der Waals surface area contributed by atoms with Crippen LogP contribution in [0.25, 0.3) is 11.1 Å². The number of halogens is 4. The fourth-order valence-electron chi connectivity index (χ4n) is 4.16. The van der Waals surface area contributed by atoms with Crippen molar-refractivity contribution in [2.45, 2.75) is 20.0 Å². The second-order valence-electron chi connectivity index (χ2n) is 9.01. The summed E-state index contributed by atoms with van der Waals surface area (Å²) in [5.74, 6) is -3.02. The number of morpholine rings is 1. The van der Waals surface area contributed by atoms with Gasteiger partial charge in [0.25, 0.3) is 11.8 Å². The van der Waals surface area contributed by atoms with E-state index in [-0.39, 0.29) is 11.6 Å². The predicted octanol–water partition coefficient (Wildman–Crippen LogP) is 4.79. The fraction of sp³-hybridized carbons (Fsp3) is 0.333. The minimum atomic E-state index is -5.04. The van der Waals surface area contributed by atoms with Gasteiger partial charge in [0, 0.05) is 50.3 Å². The van der Waals surface area contributed by atoms with Crippen LogP contribution in [-0.4, -0.2) is 66.6 Å². The van der Waals surface area contributed by atoms with Crippen LogP contribution in [0, 0.1) is 12.7 Å². The van der Waals surface area contributed by atoms with Gasteiger partial charge in [0.05, 0.1) is 24.5 Å². The normalized spacial score (nSPS) is 13.8. The van der Waals surface area contributed by atoms with E-state index in [1.54, 1.807) is 36.3 Å². The number of hydrogen-bond donors (Lipinski definition) is 1. The number of aromatic nitrogens is 2. The lowest BCUT2D eigenvalue weighted by Gasteiger charge is -2.31. The van der Waals surface area contributed by atoms with Crippen molar-refractivity contribution in [3.63, 3.8) is 0 Å². The molecular formula is C27H27F4N5O3. The number of rotatable bonds is 6. The maximum atomic E-state index is 14.4. The minimum absolute atomic E-state index is 0.221.